The fraction of sp³-hybridized carbons (Fsp3) is 0.444. The number of ether oxygens (including phenoxy) is 1. The number of hydrogen-bond donors (Lipinski definition) is 1. The van der Waals surface area contributed by atoms with Crippen molar-refractivity contribution >= 4 is 27.7 Å². The minimum absolute atomic E-state index is 0.185. The summed E-state index contributed by atoms with van der Waals surface area (Å²) in [5.74, 6) is 0.0592. The van der Waals surface area contributed by atoms with Crippen LogP contribution >= 0.6 is 15.9 Å². The van der Waals surface area contributed by atoms with Crippen LogP contribution in [0.4, 0.5) is 5.82 Å². The molecule has 0 radical (unpaired) electrons. The van der Waals surface area contributed by atoms with Gasteiger partial charge in [0.1, 0.15) is 10.4 Å². The quantitative estimate of drug-likeness (QED) is 0.809. The van der Waals surface area contributed by atoms with Crippen LogP contribution in [0.3, 0.4) is 0 Å². The number of nitrogen functional groups attached to an aromatic ring is 1. The van der Waals surface area contributed by atoms with Crippen LogP contribution in [0.5, 0.6) is 0 Å². The van der Waals surface area contributed by atoms with Gasteiger partial charge in [-0.05, 0) is 23.0 Å². The highest BCUT2D eigenvalue weighted by molar-refractivity contribution is 9.10. The second-order valence-corrected chi connectivity index (χ2v) is 4.09. The Morgan fingerprint density at radius 2 is 2.38 bits per heavy atom. The lowest BCUT2D eigenvalue weighted by Crippen LogP contribution is -2.27. The summed E-state index contributed by atoms with van der Waals surface area (Å²) in [5, 5.41) is 0. The molecule has 1 rings (SSSR count). The number of likely N-dealkylation sites (N-methyl/N-ethyl adjacent to an activating group) is 1. The Labute approximate surface area is 102 Å². The van der Waals surface area contributed by atoms with Gasteiger partial charge in [0.25, 0.3) is 0 Å². The van der Waals surface area contributed by atoms with E-state index in [4.69, 9.17) is 5.73 Å². The number of halogens is 1. The number of hydrogen-bond acceptors (Lipinski definition) is 6. The number of methoxy groups -OCH3 is 1. The molecule has 88 valence electrons. The zero-order valence-corrected chi connectivity index (χ0v) is 10.7. The van der Waals surface area contributed by atoms with Crippen molar-refractivity contribution < 1.29 is 9.53 Å². The van der Waals surface area contributed by atoms with E-state index in [1.807, 2.05) is 0 Å². The molecule has 0 unspecified atom stereocenters. The van der Waals surface area contributed by atoms with E-state index in [1.54, 1.807) is 11.9 Å². The maximum Gasteiger partial charge on any atom is 0.319 e. The summed E-state index contributed by atoms with van der Waals surface area (Å²) in [6, 6.07) is 0. The average Bonchev–Trinajstić information content (AvgIpc) is 2.23. The molecule has 0 aliphatic heterocycles. The standard InChI is InChI=1S/C9H13BrN4O2/c1-14(5-8(15)16-2)4-6-9(11)12-3-7(10)13-6/h3H,4-5H2,1-2H3,(H2,11,12). The lowest BCUT2D eigenvalue weighted by atomic mass is 10.3. The van der Waals surface area contributed by atoms with Gasteiger partial charge in [0.05, 0.1) is 25.5 Å². The van der Waals surface area contributed by atoms with E-state index < -0.39 is 0 Å². The van der Waals surface area contributed by atoms with E-state index >= 15 is 0 Å². The van der Waals surface area contributed by atoms with Crippen LogP contribution in [0.15, 0.2) is 10.8 Å². The summed E-state index contributed by atoms with van der Waals surface area (Å²) in [4.78, 5) is 20.9. The number of carbonyl (C=O) groups excluding carboxylic acids is 1. The van der Waals surface area contributed by atoms with Crippen LogP contribution in [-0.2, 0) is 16.1 Å². The highest BCUT2D eigenvalue weighted by atomic mass is 79.9. The highest BCUT2D eigenvalue weighted by Crippen LogP contribution is 2.12. The minimum atomic E-state index is -0.302. The molecule has 16 heavy (non-hydrogen) atoms. The first-order valence-corrected chi connectivity index (χ1v) is 5.34. The van der Waals surface area contributed by atoms with Crippen molar-refractivity contribution in [2.45, 2.75) is 6.54 Å². The third-order valence-corrected chi connectivity index (χ3v) is 2.28. The third kappa shape index (κ3) is 3.74. The van der Waals surface area contributed by atoms with E-state index in [-0.39, 0.29) is 12.5 Å². The van der Waals surface area contributed by atoms with Gasteiger partial charge >= 0.3 is 5.97 Å². The number of anilines is 1. The zero-order valence-electron chi connectivity index (χ0n) is 9.11. The second kappa shape index (κ2) is 5.76. The molecular formula is C9H13BrN4O2. The van der Waals surface area contributed by atoms with E-state index in [0.29, 0.717) is 22.7 Å². The molecule has 0 spiro atoms. The fourth-order valence-electron chi connectivity index (χ4n) is 1.13. The number of rotatable bonds is 4. The van der Waals surface area contributed by atoms with Crippen molar-refractivity contribution in [2.75, 3.05) is 26.4 Å². The molecule has 0 aromatic carbocycles. The number of aromatic nitrogens is 2. The van der Waals surface area contributed by atoms with Crippen molar-refractivity contribution in [3.05, 3.63) is 16.5 Å². The van der Waals surface area contributed by atoms with Gasteiger partial charge in [-0.1, -0.05) is 0 Å². The predicted molar refractivity (Wildman–Crippen MR) is 62.5 cm³/mol. The van der Waals surface area contributed by atoms with Crippen LogP contribution in [0.2, 0.25) is 0 Å². The van der Waals surface area contributed by atoms with E-state index in [1.165, 1.54) is 13.3 Å². The van der Waals surface area contributed by atoms with Gasteiger partial charge < -0.3 is 10.5 Å². The lowest BCUT2D eigenvalue weighted by Gasteiger charge is -2.15. The second-order valence-electron chi connectivity index (χ2n) is 3.27. The first kappa shape index (κ1) is 12.9. The Hall–Kier alpha value is -1.21. The topological polar surface area (TPSA) is 81.3 Å². The Bertz CT molecular complexity index is 386. The SMILES string of the molecule is COC(=O)CN(C)Cc1nc(Br)cnc1N. The van der Waals surface area contributed by atoms with Gasteiger partial charge in [-0.15, -0.1) is 0 Å². The summed E-state index contributed by atoms with van der Waals surface area (Å²) < 4.78 is 5.17. The molecule has 2 N–H and O–H groups in total. The van der Waals surface area contributed by atoms with E-state index in [2.05, 4.69) is 30.6 Å². The summed E-state index contributed by atoms with van der Waals surface area (Å²) in [5.41, 5.74) is 6.29. The normalized spacial score (nSPS) is 10.5. The molecule has 1 aromatic heterocycles. The van der Waals surface area contributed by atoms with Gasteiger partial charge in [0.15, 0.2) is 0 Å². The summed E-state index contributed by atoms with van der Waals surface area (Å²) >= 11 is 3.21. The summed E-state index contributed by atoms with van der Waals surface area (Å²) in [6.07, 6.45) is 1.53. The van der Waals surface area contributed by atoms with Crippen molar-refractivity contribution in [3.8, 4) is 0 Å². The van der Waals surface area contributed by atoms with Crippen LogP contribution in [0, 0.1) is 0 Å². The van der Waals surface area contributed by atoms with Crippen molar-refractivity contribution in [3.63, 3.8) is 0 Å². The third-order valence-electron chi connectivity index (χ3n) is 1.89. The van der Waals surface area contributed by atoms with E-state index in [0.717, 1.165) is 0 Å². The molecule has 0 saturated heterocycles. The Morgan fingerprint density at radius 1 is 1.69 bits per heavy atom. The Morgan fingerprint density at radius 3 is 3.00 bits per heavy atom. The van der Waals surface area contributed by atoms with Crippen LogP contribution < -0.4 is 5.73 Å². The maximum absolute atomic E-state index is 11.0. The lowest BCUT2D eigenvalue weighted by molar-refractivity contribution is -0.141. The summed E-state index contributed by atoms with van der Waals surface area (Å²) in [7, 11) is 3.13. The smallest absolute Gasteiger partial charge is 0.319 e. The van der Waals surface area contributed by atoms with Crippen LogP contribution in [-0.4, -0.2) is 41.5 Å². The van der Waals surface area contributed by atoms with Gasteiger partial charge in [-0.25, -0.2) is 9.97 Å². The van der Waals surface area contributed by atoms with E-state index in [9.17, 15) is 4.79 Å². The molecule has 0 aliphatic rings. The molecule has 0 saturated carbocycles. The number of nitrogens with two attached hydrogens (primary N) is 1. The van der Waals surface area contributed by atoms with Gasteiger partial charge in [-0.3, -0.25) is 9.69 Å². The Kier molecular flexibility index (Phi) is 4.63. The zero-order chi connectivity index (χ0) is 12.1. The molecule has 6 nitrogen and oxygen atoms in total. The van der Waals surface area contributed by atoms with Gasteiger partial charge in [0, 0.05) is 6.54 Å². The molecule has 0 amide bonds. The first-order valence-electron chi connectivity index (χ1n) is 4.55. The monoisotopic (exact) mass is 288 g/mol. The van der Waals surface area contributed by atoms with Crippen molar-refractivity contribution in [2.24, 2.45) is 0 Å². The van der Waals surface area contributed by atoms with Crippen LogP contribution in [0.1, 0.15) is 5.69 Å². The molecular weight excluding hydrogens is 276 g/mol. The van der Waals surface area contributed by atoms with Crippen LogP contribution in [0.25, 0.3) is 0 Å². The largest absolute Gasteiger partial charge is 0.468 e. The van der Waals surface area contributed by atoms with Gasteiger partial charge in [-0.2, -0.15) is 0 Å². The van der Waals surface area contributed by atoms with Crippen molar-refractivity contribution in [1.82, 2.24) is 14.9 Å². The molecule has 0 atom stereocenters. The maximum atomic E-state index is 11.0. The molecule has 7 heteroatoms. The van der Waals surface area contributed by atoms with Gasteiger partial charge in [0.2, 0.25) is 0 Å². The number of nitrogens with zero attached hydrogens (tertiary/aromatic N) is 3. The molecule has 1 aromatic rings. The summed E-state index contributed by atoms with van der Waals surface area (Å²) in [6.45, 7) is 0.623. The molecule has 0 aliphatic carbocycles. The Balaban J connectivity index is 2.65. The fourth-order valence-corrected chi connectivity index (χ4v) is 1.44. The first-order chi connectivity index (χ1) is 7.52. The number of esters is 1. The molecule has 0 bridgehead atoms. The molecule has 0 fully saturated rings. The minimum Gasteiger partial charge on any atom is -0.468 e. The molecule has 1 heterocycles. The number of carbonyl (C=O) groups is 1. The average molecular weight is 289 g/mol. The highest BCUT2D eigenvalue weighted by Gasteiger charge is 2.10. The predicted octanol–water partition coefficient (Wildman–Crippen LogP) is 0.426. The van der Waals surface area contributed by atoms with Crippen molar-refractivity contribution in [1.29, 1.82) is 0 Å².